The Labute approximate surface area is 245 Å². The first-order valence-corrected chi connectivity index (χ1v) is 13.3. The van der Waals surface area contributed by atoms with Crippen molar-refractivity contribution in [3.63, 3.8) is 0 Å². The van der Waals surface area contributed by atoms with Crippen LogP contribution in [0.15, 0.2) is 54.4 Å². The molecule has 0 radical (unpaired) electrons. The third-order valence-electron chi connectivity index (χ3n) is 6.48. The van der Waals surface area contributed by atoms with E-state index >= 15 is 0 Å². The molecule has 0 fully saturated rings. The Kier molecular flexibility index (Phi) is 10.7. The molecule has 2 aromatic carbocycles. The number of ether oxygens (including phenoxy) is 5. The van der Waals surface area contributed by atoms with Crippen molar-refractivity contribution in [3.05, 3.63) is 82.4 Å². The minimum absolute atomic E-state index is 0.0806. The Morgan fingerprint density at radius 2 is 1.40 bits per heavy atom. The molecule has 1 aromatic heterocycles. The first-order chi connectivity index (χ1) is 20.0. The molecule has 222 valence electrons. The Morgan fingerprint density at radius 1 is 0.857 bits per heavy atom. The number of nitrogens with one attached hydrogen (secondary N) is 1. The number of nitrogens with zero attached hydrogens (tertiary/aromatic N) is 1. The first kappa shape index (κ1) is 31.7. The van der Waals surface area contributed by atoms with Crippen molar-refractivity contribution in [2.75, 3.05) is 21.3 Å². The molecule has 1 atom stereocenters. The van der Waals surface area contributed by atoms with Gasteiger partial charge in [0.25, 0.3) is 5.91 Å². The van der Waals surface area contributed by atoms with Gasteiger partial charge in [-0.2, -0.15) is 0 Å². The lowest BCUT2D eigenvalue weighted by molar-refractivity contribution is -0.141. The van der Waals surface area contributed by atoms with E-state index in [1.165, 1.54) is 26.3 Å². The molecular weight excluding hydrogens is 540 g/mol. The van der Waals surface area contributed by atoms with E-state index in [2.05, 4.69) is 10.3 Å². The zero-order chi connectivity index (χ0) is 31.0. The molecule has 0 spiro atoms. The van der Waals surface area contributed by atoms with Gasteiger partial charge >= 0.3 is 11.9 Å². The molecule has 10 nitrogen and oxygen atoms in total. The van der Waals surface area contributed by atoms with Crippen LogP contribution in [0.2, 0.25) is 0 Å². The zero-order valence-corrected chi connectivity index (χ0v) is 25.1. The molecule has 0 aliphatic carbocycles. The predicted octanol–water partition coefficient (Wildman–Crippen LogP) is 5.18. The highest BCUT2D eigenvalue weighted by atomic mass is 16.6. The maximum absolute atomic E-state index is 13.2. The highest BCUT2D eigenvalue weighted by Crippen LogP contribution is 2.33. The molecule has 3 aromatic rings. The second kappa shape index (κ2) is 14.2. The molecule has 0 bridgehead atoms. The maximum atomic E-state index is 13.2. The first-order valence-electron chi connectivity index (χ1n) is 13.3. The van der Waals surface area contributed by atoms with E-state index in [1.807, 2.05) is 50.2 Å². The summed E-state index contributed by atoms with van der Waals surface area (Å²) in [5.41, 5.74) is 3.91. The van der Waals surface area contributed by atoms with Gasteiger partial charge in [-0.1, -0.05) is 19.1 Å². The number of carbonyl (C=O) groups excluding carboxylic acids is 3. The molecule has 0 unspecified atom stereocenters. The van der Waals surface area contributed by atoms with Gasteiger partial charge in [0.1, 0.15) is 23.3 Å². The molecule has 0 saturated carbocycles. The number of rotatable bonds is 11. The quantitative estimate of drug-likeness (QED) is 0.243. The number of hydrogen-bond donors (Lipinski definition) is 1. The van der Waals surface area contributed by atoms with Crippen LogP contribution in [0.3, 0.4) is 0 Å². The molecule has 0 saturated heterocycles. The van der Waals surface area contributed by atoms with Gasteiger partial charge in [0.05, 0.1) is 21.3 Å². The number of pyridine rings is 1. The molecule has 0 aliphatic rings. The van der Waals surface area contributed by atoms with Gasteiger partial charge in [-0.05, 0) is 74.2 Å². The van der Waals surface area contributed by atoms with E-state index in [1.54, 1.807) is 28.1 Å². The van der Waals surface area contributed by atoms with E-state index in [9.17, 15) is 14.4 Å². The summed E-state index contributed by atoms with van der Waals surface area (Å²) in [7, 11) is 4.58. The third kappa shape index (κ3) is 7.25. The van der Waals surface area contributed by atoms with Crippen molar-refractivity contribution in [2.24, 2.45) is 0 Å². The Bertz CT molecular complexity index is 1460. The lowest BCUT2D eigenvalue weighted by Gasteiger charge is -2.19. The van der Waals surface area contributed by atoms with Crippen LogP contribution in [0.25, 0.3) is 5.57 Å². The van der Waals surface area contributed by atoms with Crippen molar-refractivity contribution >= 4 is 23.4 Å². The maximum Gasteiger partial charge on any atom is 0.333 e. The summed E-state index contributed by atoms with van der Waals surface area (Å²) < 4.78 is 27.2. The fraction of sp³-hybridized carbons (Fsp3) is 0.312. The predicted molar refractivity (Wildman–Crippen MR) is 157 cm³/mol. The average Bonchev–Trinajstić information content (AvgIpc) is 2.97. The SMILES string of the molecule is CCC(=O)Oc1c(OC)ccnc1C(=O)N[C@@H](C)C(=O)OC(C)=C(c1ccc(OC)c(C)c1)c1ccc(OC)c(C)c1. The fourth-order valence-electron chi connectivity index (χ4n) is 4.29. The summed E-state index contributed by atoms with van der Waals surface area (Å²) in [5, 5.41) is 2.57. The third-order valence-corrected chi connectivity index (χ3v) is 6.48. The molecule has 0 aliphatic heterocycles. The van der Waals surface area contributed by atoms with Gasteiger partial charge in [-0.3, -0.25) is 9.59 Å². The van der Waals surface area contributed by atoms with Crippen LogP contribution in [0.1, 0.15) is 59.9 Å². The van der Waals surface area contributed by atoms with E-state index in [0.717, 1.165) is 33.8 Å². The van der Waals surface area contributed by atoms with E-state index in [0.29, 0.717) is 11.3 Å². The second-order valence-electron chi connectivity index (χ2n) is 9.43. The molecule has 3 rings (SSSR count). The Balaban J connectivity index is 1.94. The summed E-state index contributed by atoms with van der Waals surface area (Å²) in [6.07, 6.45) is 1.42. The van der Waals surface area contributed by atoms with Crippen molar-refractivity contribution in [1.82, 2.24) is 10.3 Å². The number of carbonyl (C=O) groups is 3. The zero-order valence-electron chi connectivity index (χ0n) is 25.1. The van der Waals surface area contributed by atoms with Gasteiger partial charge in [0, 0.05) is 24.3 Å². The second-order valence-corrected chi connectivity index (χ2v) is 9.43. The van der Waals surface area contributed by atoms with Crippen molar-refractivity contribution in [1.29, 1.82) is 0 Å². The van der Waals surface area contributed by atoms with E-state index in [4.69, 9.17) is 23.7 Å². The lowest BCUT2D eigenvalue weighted by Crippen LogP contribution is -2.40. The normalized spacial score (nSPS) is 11.1. The number of benzene rings is 2. The number of aryl methyl sites for hydroxylation is 2. The van der Waals surface area contributed by atoms with Crippen LogP contribution >= 0.6 is 0 Å². The monoisotopic (exact) mass is 576 g/mol. The van der Waals surface area contributed by atoms with Crippen LogP contribution in [0.4, 0.5) is 0 Å². The average molecular weight is 577 g/mol. The number of amides is 1. The number of hydrogen-bond acceptors (Lipinski definition) is 9. The summed E-state index contributed by atoms with van der Waals surface area (Å²) >= 11 is 0. The molecule has 1 heterocycles. The number of aromatic nitrogens is 1. The molecule has 1 N–H and O–H groups in total. The van der Waals surface area contributed by atoms with Gasteiger partial charge in [0.15, 0.2) is 11.4 Å². The van der Waals surface area contributed by atoms with Crippen LogP contribution in [-0.2, 0) is 14.3 Å². The van der Waals surface area contributed by atoms with Gasteiger partial charge in [0.2, 0.25) is 5.75 Å². The van der Waals surface area contributed by atoms with Gasteiger partial charge in [-0.15, -0.1) is 0 Å². The summed E-state index contributed by atoms with van der Waals surface area (Å²) in [6.45, 7) is 8.65. The van der Waals surface area contributed by atoms with Gasteiger partial charge < -0.3 is 29.0 Å². The number of allylic oxidation sites excluding steroid dienone is 1. The summed E-state index contributed by atoms with van der Waals surface area (Å²) in [4.78, 5) is 42.3. The van der Waals surface area contributed by atoms with Crippen LogP contribution in [0.5, 0.6) is 23.0 Å². The minimum atomic E-state index is -1.08. The molecular formula is C32H36N2O8. The van der Waals surface area contributed by atoms with Crippen LogP contribution in [-0.4, -0.2) is 50.2 Å². The van der Waals surface area contributed by atoms with Crippen LogP contribution < -0.4 is 24.3 Å². The standard InChI is InChI=1S/C32H36N2O8/c1-9-27(35)42-30-26(40-8)14-15-33-29(30)31(36)34-20(4)32(37)41-21(5)28(22-10-12-24(38-6)18(2)16-22)23-11-13-25(39-7)19(3)17-23/h10-17,20H,9H2,1-8H3,(H,34,36)/t20-/m0/s1. The Hall–Kier alpha value is -4.86. The number of esters is 2. The molecule has 1 amide bonds. The van der Waals surface area contributed by atoms with E-state index in [-0.39, 0.29) is 23.6 Å². The smallest absolute Gasteiger partial charge is 0.333 e. The van der Waals surface area contributed by atoms with E-state index < -0.39 is 23.9 Å². The fourth-order valence-corrected chi connectivity index (χ4v) is 4.29. The lowest BCUT2D eigenvalue weighted by atomic mass is 9.94. The van der Waals surface area contributed by atoms with Crippen molar-refractivity contribution in [2.45, 2.75) is 47.1 Å². The highest BCUT2D eigenvalue weighted by Gasteiger charge is 2.26. The highest BCUT2D eigenvalue weighted by molar-refractivity contribution is 5.99. The van der Waals surface area contributed by atoms with Crippen molar-refractivity contribution in [3.8, 4) is 23.0 Å². The Morgan fingerprint density at radius 3 is 1.88 bits per heavy atom. The topological polar surface area (TPSA) is 122 Å². The number of methoxy groups -OCH3 is 3. The molecule has 42 heavy (non-hydrogen) atoms. The van der Waals surface area contributed by atoms with Crippen molar-refractivity contribution < 1.29 is 38.1 Å². The minimum Gasteiger partial charge on any atom is -0.496 e. The summed E-state index contributed by atoms with van der Waals surface area (Å²) in [6, 6.07) is 11.8. The van der Waals surface area contributed by atoms with Crippen LogP contribution in [0, 0.1) is 13.8 Å². The summed E-state index contributed by atoms with van der Waals surface area (Å²) in [5.74, 6) is -0.214. The largest absolute Gasteiger partial charge is 0.496 e. The molecule has 10 heteroatoms. The van der Waals surface area contributed by atoms with Gasteiger partial charge in [-0.25, -0.2) is 9.78 Å².